The monoisotopic (exact) mass is 320 g/mol. The highest BCUT2D eigenvalue weighted by atomic mass is 16.5. The predicted molar refractivity (Wildman–Crippen MR) is 91.8 cm³/mol. The molecule has 0 spiro atoms. The molecule has 23 heavy (non-hydrogen) atoms. The van der Waals surface area contributed by atoms with Crippen LogP contribution >= 0.6 is 0 Å². The minimum atomic E-state index is -0.736. The normalized spacial score (nSPS) is 15.4. The van der Waals surface area contributed by atoms with Gasteiger partial charge in [0.25, 0.3) is 0 Å². The maximum absolute atomic E-state index is 10.9. The number of hydrogen-bond donors (Lipinski definition) is 1. The summed E-state index contributed by atoms with van der Waals surface area (Å²) in [4.78, 5) is 15.5. The van der Waals surface area contributed by atoms with Gasteiger partial charge in [-0.2, -0.15) is 0 Å². The number of carboxylic acid groups (broad SMARTS) is 1. The number of carboxylic acids is 1. The van der Waals surface area contributed by atoms with Crippen molar-refractivity contribution < 1.29 is 14.6 Å². The van der Waals surface area contributed by atoms with Gasteiger partial charge in [-0.25, -0.2) is 0 Å². The Hall–Kier alpha value is -1.59. The van der Waals surface area contributed by atoms with Crippen LogP contribution in [0.15, 0.2) is 24.3 Å². The second kappa shape index (κ2) is 8.89. The molecular weight excluding hydrogens is 292 g/mol. The summed E-state index contributed by atoms with van der Waals surface area (Å²) in [5, 5.41) is 8.97. The Labute approximate surface area is 138 Å². The summed E-state index contributed by atoms with van der Waals surface area (Å²) in [6.07, 6.45) is 0.187. The number of nitrogens with zero attached hydrogens (tertiary/aromatic N) is 2. The quantitative estimate of drug-likeness (QED) is 0.797. The van der Waals surface area contributed by atoms with E-state index in [1.165, 1.54) is 11.3 Å². The van der Waals surface area contributed by atoms with E-state index in [1.807, 2.05) is 0 Å². The third-order valence-corrected chi connectivity index (χ3v) is 4.00. The molecule has 5 heteroatoms. The van der Waals surface area contributed by atoms with Gasteiger partial charge in [-0.15, -0.1) is 0 Å². The van der Waals surface area contributed by atoms with Crippen molar-refractivity contribution in [1.82, 2.24) is 4.90 Å². The molecule has 1 saturated heterocycles. The van der Waals surface area contributed by atoms with Gasteiger partial charge in [-0.3, -0.25) is 9.69 Å². The van der Waals surface area contributed by atoms with Crippen LogP contribution in [0.4, 0.5) is 5.69 Å². The van der Waals surface area contributed by atoms with Crippen LogP contribution in [0.5, 0.6) is 0 Å². The standard InChI is InChI=1S/C18H28N2O3/c1-15(2)13-19(8-7-18(21)22)14-16-5-3-4-6-17(16)20-9-11-23-12-10-20/h3-6,15H,7-14H2,1-2H3,(H,21,22). The summed E-state index contributed by atoms with van der Waals surface area (Å²) >= 11 is 0. The van der Waals surface area contributed by atoms with E-state index >= 15 is 0 Å². The number of ether oxygens (including phenoxy) is 1. The highest BCUT2D eigenvalue weighted by molar-refractivity contribution is 5.66. The van der Waals surface area contributed by atoms with Gasteiger partial charge in [0.1, 0.15) is 0 Å². The fourth-order valence-electron chi connectivity index (χ4n) is 3.00. The number of rotatable bonds is 8. The van der Waals surface area contributed by atoms with Gasteiger partial charge in [0.2, 0.25) is 0 Å². The van der Waals surface area contributed by atoms with Gasteiger partial charge in [-0.05, 0) is 17.5 Å². The largest absolute Gasteiger partial charge is 0.481 e. The smallest absolute Gasteiger partial charge is 0.304 e. The number of hydrogen-bond acceptors (Lipinski definition) is 4. The molecule has 1 N–H and O–H groups in total. The van der Waals surface area contributed by atoms with E-state index in [1.54, 1.807) is 0 Å². The first-order valence-corrected chi connectivity index (χ1v) is 8.41. The first kappa shape index (κ1) is 17.8. The lowest BCUT2D eigenvalue weighted by atomic mass is 10.1. The van der Waals surface area contributed by atoms with Crippen molar-refractivity contribution in [3.8, 4) is 0 Å². The Bertz CT molecular complexity index is 499. The van der Waals surface area contributed by atoms with E-state index in [0.29, 0.717) is 12.5 Å². The predicted octanol–water partition coefficient (Wildman–Crippen LogP) is 2.46. The van der Waals surface area contributed by atoms with Crippen LogP contribution in [0, 0.1) is 5.92 Å². The number of benzene rings is 1. The molecule has 1 aromatic rings. The summed E-state index contributed by atoms with van der Waals surface area (Å²) in [5.41, 5.74) is 2.51. The molecule has 0 amide bonds. The van der Waals surface area contributed by atoms with Crippen molar-refractivity contribution in [3.05, 3.63) is 29.8 Å². The van der Waals surface area contributed by atoms with Crippen LogP contribution in [-0.2, 0) is 16.1 Å². The number of anilines is 1. The van der Waals surface area contributed by atoms with Gasteiger partial charge < -0.3 is 14.7 Å². The molecule has 0 radical (unpaired) electrons. The summed E-state index contributed by atoms with van der Waals surface area (Å²) in [5.74, 6) is -0.223. The van der Waals surface area contributed by atoms with Crippen LogP contribution in [0.3, 0.4) is 0 Å². The number of morpholine rings is 1. The highest BCUT2D eigenvalue weighted by Crippen LogP contribution is 2.23. The van der Waals surface area contributed by atoms with E-state index in [9.17, 15) is 4.79 Å². The molecule has 0 bridgehead atoms. The minimum absolute atomic E-state index is 0.187. The molecular formula is C18H28N2O3. The third kappa shape index (κ3) is 5.84. The van der Waals surface area contributed by atoms with E-state index < -0.39 is 5.97 Å². The van der Waals surface area contributed by atoms with Gasteiger partial charge in [-0.1, -0.05) is 32.0 Å². The maximum Gasteiger partial charge on any atom is 0.304 e. The van der Waals surface area contributed by atoms with Crippen molar-refractivity contribution in [1.29, 1.82) is 0 Å². The topological polar surface area (TPSA) is 53.0 Å². The van der Waals surface area contributed by atoms with Crippen molar-refractivity contribution in [2.24, 2.45) is 5.92 Å². The highest BCUT2D eigenvalue weighted by Gasteiger charge is 2.17. The van der Waals surface area contributed by atoms with Gasteiger partial charge in [0, 0.05) is 38.4 Å². The van der Waals surface area contributed by atoms with Crippen molar-refractivity contribution in [2.45, 2.75) is 26.8 Å². The molecule has 1 heterocycles. The Balaban J connectivity index is 2.09. The molecule has 0 aliphatic carbocycles. The summed E-state index contributed by atoms with van der Waals surface area (Å²) in [6, 6.07) is 8.44. The summed E-state index contributed by atoms with van der Waals surface area (Å²) in [6.45, 7) is 9.98. The molecule has 0 saturated carbocycles. The van der Waals surface area contributed by atoms with Gasteiger partial charge >= 0.3 is 5.97 Å². The first-order chi connectivity index (χ1) is 11.1. The van der Waals surface area contributed by atoms with Crippen molar-refractivity contribution in [3.63, 3.8) is 0 Å². The van der Waals surface area contributed by atoms with Crippen LogP contribution < -0.4 is 4.90 Å². The first-order valence-electron chi connectivity index (χ1n) is 8.41. The lowest BCUT2D eigenvalue weighted by Crippen LogP contribution is -2.37. The lowest BCUT2D eigenvalue weighted by Gasteiger charge is -2.32. The lowest BCUT2D eigenvalue weighted by molar-refractivity contribution is -0.137. The second-order valence-corrected chi connectivity index (χ2v) is 6.50. The van der Waals surface area contributed by atoms with Crippen LogP contribution in [-0.4, -0.2) is 55.4 Å². The zero-order valence-electron chi connectivity index (χ0n) is 14.2. The SMILES string of the molecule is CC(C)CN(CCC(=O)O)Cc1ccccc1N1CCOCC1. The number of para-hydroxylation sites is 1. The van der Waals surface area contributed by atoms with Crippen LogP contribution in [0.2, 0.25) is 0 Å². The zero-order valence-corrected chi connectivity index (χ0v) is 14.2. The Morgan fingerprint density at radius 1 is 1.30 bits per heavy atom. The molecule has 0 atom stereocenters. The van der Waals surface area contributed by atoms with E-state index in [2.05, 4.69) is 47.9 Å². The van der Waals surface area contributed by atoms with Crippen LogP contribution in [0.1, 0.15) is 25.8 Å². The minimum Gasteiger partial charge on any atom is -0.481 e. The molecule has 1 aliphatic rings. The van der Waals surface area contributed by atoms with E-state index in [-0.39, 0.29) is 6.42 Å². The van der Waals surface area contributed by atoms with E-state index in [0.717, 1.165) is 39.4 Å². The summed E-state index contributed by atoms with van der Waals surface area (Å²) < 4.78 is 5.44. The average Bonchev–Trinajstić information content (AvgIpc) is 2.53. The van der Waals surface area contributed by atoms with Gasteiger partial charge in [0.15, 0.2) is 0 Å². The Kier molecular flexibility index (Phi) is 6.86. The molecule has 0 unspecified atom stereocenters. The molecule has 1 aromatic carbocycles. The molecule has 5 nitrogen and oxygen atoms in total. The Morgan fingerprint density at radius 3 is 2.65 bits per heavy atom. The molecule has 128 valence electrons. The number of carbonyl (C=O) groups is 1. The average molecular weight is 320 g/mol. The second-order valence-electron chi connectivity index (χ2n) is 6.50. The fraction of sp³-hybridized carbons (Fsp3) is 0.611. The third-order valence-electron chi connectivity index (χ3n) is 4.00. The number of aliphatic carboxylic acids is 1. The van der Waals surface area contributed by atoms with Crippen molar-refractivity contribution in [2.75, 3.05) is 44.3 Å². The molecule has 1 fully saturated rings. The molecule has 1 aliphatic heterocycles. The molecule has 0 aromatic heterocycles. The fourth-order valence-corrected chi connectivity index (χ4v) is 3.00. The van der Waals surface area contributed by atoms with E-state index in [4.69, 9.17) is 9.84 Å². The zero-order chi connectivity index (χ0) is 16.7. The molecule has 2 rings (SSSR count). The van der Waals surface area contributed by atoms with Gasteiger partial charge in [0.05, 0.1) is 19.6 Å². The van der Waals surface area contributed by atoms with Crippen LogP contribution in [0.25, 0.3) is 0 Å². The summed E-state index contributed by atoms with van der Waals surface area (Å²) in [7, 11) is 0. The maximum atomic E-state index is 10.9. The van der Waals surface area contributed by atoms with Crippen molar-refractivity contribution >= 4 is 11.7 Å². The Morgan fingerprint density at radius 2 is 2.00 bits per heavy atom.